The molecule has 1 aliphatic rings. The lowest BCUT2D eigenvalue weighted by Gasteiger charge is -2.16. The lowest BCUT2D eigenvalue weighted by Crippen LogP contribution is -2.25. The van der Waals surface area contributed by atoms with Crippen molar-refractivity contribution in [3.05, 3.63) is 24.3 Å². The fraction of sp³-hybridized carbons (Fsp3) is 0.333. The Morgan fingerprint density at radius 3 is 2.64 bits per heavy atom. The van der Waals surface area contributed by atoms with Gasteiger partial charge in [0.1, 0.15) is 0 Å². The Labute approximate surface area is 125 Å². The first-order valence-corrected chi connectivity index (χ1v) is 8.04. The number of nitrogens with zero attached hydrogens (tertiary/aromatic N) is 4. The molecule has 1 fully saturated rings. The van der Waals surface area contributed by atoms with Gasteiger partial charge in [-0.05, 0) is 29.5 Å². The molecule has 3 rings (SSSR count). The molecule has 1 unspecified atom stereocenters. The van der Waals surface area contributed by atoms with Crippen LogP contribution in [0, 0.1) is 5.92 Å². The van der Waals surface area contributed by atoms with Crippen LogP contribution in [-0.2, 0) is 15.0 Å². The third kappa shape index (κ3) is 3.11. The number of rotatable bonds is 4. The van der Waals surface area contributed by atoms with Crippen LogP contribution in [0.15, 0.2) is 24.3 Å². The Balaban J connectivity index is 1.76. The van der Waals surface area contributed by atoms with Crippen LogP contribution in [0.4, 0.5) is 9.57 Å². The number of anilines is 1. The average molecular weight is 325 g/mol. The van der Waals surface area contributed by atoms with Gasteiger partial charge in [-0.2, -0.15) is 13.6 Å². The summed E-state index contributed by atoms with van der Waals surface area (Å²) in [5.74, 6) is -0.947. The highest BCUT2D eigenvalue weighted by Gasteiger charge is 2.33. The van der Waals surface area contributed by atoms with E-state index in [9.17, 15) is 17.1 Å². The number of carbonyl (C=O) groups is 1. The number of halogens is 1. The molecule has 0 radical (unpaired) electrons. The molecule has 1 aromatic carbocycles. The van der Waals surface area contributed by atoms with Gasteiger partial charge in [0.15, 0.2) is 0 Å². The monoisotopic (exact) mass is 325 g/mol. The first-order chi connectivity index (χ1) is 10.4. The molecule has 1 amide bonds. The molecule has 1 saturated heterocycles. The molecule has 1 aromatic heterocycles. The predicted molar refractivity (Wildman–Crippen MR) is 75.0 cm³/mol. The summed E-state index contributed by atoms with van der Waals surface area (Å²) >= 11 is 0. The summed E-state index contributed by atoms with van der Waals surface area (Å²) in [5.41, 5.74) is 1.35. The molecule has 0 bridgehead atoms. The molecule has 1 N–H and O–H groups in total. The van der Waals surface area contributed by atoms with Crippen molar-refractivity contribution in [2.45, 2.75) is 6.42 Å². The summed E-state index contributed by atoms with van der Waals surface area (Å²) in [5, 5.41) is 13.5. The van der Waals surface area contributed by atoms with Crippen LogP contribution < -0.4 is 4.90 Å². The molecule has 1 aliphatic heterocycles. The normalized spacial score (nSPS) is 18.9. The number of amides is 1. The minimum Gasteiger partial charge on any atom is -0.312 e. The number of aromatic nitrogens is 4. The second kappa shape index (κ2) is 5.44. The Kier molecular flexibility index (Phi) is 3.61. The maximum Gasteiger partial charge on any atom is 0.302 e. The van der Waals surface area contributed by atoms with Gasteiger partial charge in [-0.1, -0.05) is 0 Å². The standard InChI is InChI=1S/C12H12FN5O3S/c13-22(20,21)7-8-5-11(19)18(6-8)10-3-1-9(2-4-10)12-14-16-17-15-12/h1-4,8H,5-7H2,(H,14,15,16,17). The SMILES string of the molecule is O=C1CC(CS(=O)(=O)F)CN1c1ccc(-c2nn[nH]n2)cc1. The van der Waals surface area contributed by atoms with Gasteiger partial charge in [0, 0.05) is 30.1 Å². The quantitative estimate of drug-likeness (QED) is 0.821. The highest BCUT2D eigenvalue weighted by atomic mass is 32.3. The van der Waals surface area contributed by atoms with Crippen molar-refractivity contribution in [1.82, 2.24) is 20.6 Å². The number of carbonyl (C=O) groups excluding carboxylic acids is 1. The van der Waals surface area contributed by atoms with Crippen molar-refractivity contribution in [3.63, 3.8) is 0 Å². The van der Waals surface area contributed by atoms with E-state index in [1.807, 2.05) is 0 Å². The fourth-order valence-corrected chi connectivity index (χ4v) is 3.29. The van der Waals surface area contributed by atoms with Gasteiger partial charge in [-0.25, -0.2) is 0 Å². The third-order valence-electron chi connectivity index (χ3n) is 3.42. The fourth-order valence-electron chi connectivity index (χ4n) is 2.50. The third-order valence-corrected chi connectivity index (χ3v) is 4.29. The van der Waals surface area contributed by atoms with Gasteiger partial charge < -0.3 is 4.90 Å². The first-order valence-electron chi connectivity index (χ1n) is 6.49. The summed E-state index contributed by atoms with van der Waals surface area (Å²) in [7, 11) is -4.58. The van der Waals surface area contributed by atoms with E-state index in [4.69, 9.17) is 0 Å². The highest BCUT2D eigenvalue weighted by molar-refractivity contribution is 7.86. The van der Waals surface area contributed by atoms with Crippen LogP contribution in [0.1, 0.15) is 6.42 Å². The van der Waals surface area contributed by atoms with Crippen molar-refractivity contribution in [3.8, 4) is 11.4 Å². The summed E-state index contributed by atoms with van der Waals surface area (Å²) in [6.45, 7) is 0.184. The summed E-state index contributed by atoms with van der Waals surface area (Å²) in [6, 6.07) is 6.87. The second-order valence-electron chi connectivity index (χ2n) is 5.06. The molecule has 10 heteroatoms. The van der Waals surface area contributed by atoms with Gasteiger partial charge in [0.25, 0.3) is 0 Å². The van der Waals surface area contributed by atoms with E-state index in [-0.39, 0.29) is 18.9 Å². The summed E-state index contributed by atoms with van der Waals surface area (Å²) in [6.07, 6.45) is 0.0236. The zero-order valence-corrected chi connectivity index (χ0v) is 12.1. The predicted octanol–water partition coefficient (Wildman–Crippen LogP) is 0.519. The molecule has 116 valence electrons. The minimum absolute atomic E-state index is 0.0236. The number of tetrazole rings is 1. The number of nitrogens with one attached hydrogen (secondary N) is 1. The smallest absolute Gasteiger partial charge is 0.302 e. The molecule has 2 aromatic rings. The van der Waals surface area contributed by atoms with Gasteiger partial charge in [-0.15, -0.1) is 14.1 Å². The molecule has 0 spiro atoms. The molecule has 8 nitrogen and oxygen atoms in total. The second-order valence-corrected chi connectivity index (χ2v) is 6.47. The molecule has 0 saturated carbocycles. The van der Waals surface area contributed by atoms with Crippen molar-refractivity contribution >= 4 is 21.8 Å². The van der Waals surface area contributed by atoms with E-state index in [1.54, 1.807) is 24.3 Å². The van der Waals surface area contributed by atoms with Crippen molar-refractivity contribution in [1.29, 1.82) is 0 Å². The number of hydrogen-bond donors (Lipinski definition) is 1. The summed E-state index contributed by atoms with van der Waals surface area (Å²) in [4.78, 5) is 13.4. The van der Waals surface area contributed by atoms with Crippen LogP contribution >= 0.6 is 0 Å². The number of H-pyrrole nitrogens is 1. The lowest BCUT2D eigenvalue weighted by atomic mass is 10.1. The Bertz CT molecular complexity index is 776. The Hall–Kier alpha value is -2.36. The molecular weight excluding hydrogens is 313 g/mol. The molecule has 2 heterocycles. The largest absolute Gasteiger partial charge is 0.312 e. The van der Waals surface area contributed by atoms with Gasteiger partial charge in [0.05, 0.1) is 5.75 Å². The van der Waals surface area contributed by atoms with Crippen LogP contribution in [0.3, 0.4) is 0 Å². The highest BCUT2D eigenvalue weighted by Crippen LogP contribution is 2.27. The van der Waals surface area contributed by atoms with Gasteiger partial charge in [0.2, 0.25) is 11.7 Å². The number of aromatic amines is 1. The maximum atomic E-state index is 12.7. The van der Waals surface area contributed by atoms with Crippen LogP contribution in [0.2, 0.25) is 0 Å². The van der Waals surface area contributed by atoms with E-state index in [0.717, 1.165) is 5.56 Å². The van der Waals surface area contributed by atoms with Crippen LogP contribution in [0.25, 0.3) is 11.4 Å². The zero-order chi connectivity index (χ0) is 15.7. The molecule has 22 heavy (non-hydrogen) atoms. The van der Waals surface area contributed by atoms with Crippen molar-refractivity contribution in [2.75, 3.05) is 17.2 Å². The maximum absolute atomic E-state index is 12.7. The summed E-state index contributed by atoms with van der Waals surface area (Å²) < 4.78 is 34.1. The Morgan fingerprint density at radius 2 is 2.05 bits per heavy atom. The van der Waals surface area contributed by atoms with Crippen molar-refractivity contribution in [2.24, 2.45) is 5.92 Å². The van der Waals surface area contributed by atoms with E-state index in [1.165, 1.54) is 4.90 Å². The van der Waals surface area contributed by atoms with E-state index in [2.05, 4.69) is 20.6 Å². The van der Waals surface area contributed by atoms with E-state index < -0.39 is 21.9 Å². The van der Waals surface area contributed by atoms with E-state index >= 15 is 0 Å². The topological polar surface area (TPSA) is 109 Å². The Morgan fingerprint density at radius 1 is 1.32 bits per heavy atom. The zero-order valence-electron chi connectivity index (χ0n) is 11.3. The van der Waals surface area contributed by atoms with Gasteiger partial charge >= 0.3 is 10.2 Å². The lowest BCUT2D eigenvalue weighted by molar-refractivity contribution is -0.117. The van der Waals surface area contributed by atoms with E-state index in [0.29, 0.717) is 11.5 Å². The molecule has 1 atom stereocenters. The number of benzene rings is 1. The van der Waals surface area contributed by atoms with Crippen molar-refractivity contribution < 1.29 is 17.1 Å². The van der Waals surface area contributed by atoms with Crippen LogP contribution in [-0.4, -0.2) is 47.2 Å². The molecular formula is C12H12FN5O3S. The van der Waals surface area contributed by atoms with Crippen LogP contribution in [0.5, 0.6) is 0 Å². The first kappa shape index (κ1) is 14.6. The average Bonchev–Trinajstić information content (AvgIpc) is 3.07. The minimum atomic E-state index is -4.58. The van der Waals surface area contributed by atoms with Gasteiger partial charge in [-0.3, -0.25) is 4.79 Å². The number of hydrogen-bond acceptors (Lipinski definition) is 6. The molecule has 0 aliphatic carbocycles.